The van der Waals surface area contributed by atoms with Crippen molar-refractivity contribution in [2.45, 2.75) is 63.8 Å². The predicted octanol–water partition coefficient (Wildman–Crippen LogP) is 5.91. The smallest absolute Gasteiger partial charge is 0.261 e. The van der Waals surface area contributed by atoms with Crippen LogP contribution >= 0.6 is 0 Å². The summed E-state index contributed by atoms with van der Waals surface area (Å²) in [5.41, 5.74) is 2.28. The molecule has 4 aliphatic rings. The Morgan fingerprint density at radius 2 is 0.848 bits per heavy atom. The molecule has 2 saturated heterocycles. The molecule has 4 aliphatic heterocycles. The second-order valence-electron chi connectivity index (χ2n) is 16.6. The van der Waals surface area contributed by atoms with Crippen LogP contribution in [0, 0.1) is 11.6 Å². The van der Waals surface area contributed by atoms with Crippen LogP contribution in [0.1, 0.15) is 81.0 Å². The van der Waals surface area contributed by atoms with Crippen molar-refractivity contribution in [3.05, 3.63) is 131 Å². The molecular weight excluding hydrogens is 851 g/mol. The molecule has 0 N–H and O–H groups in total. The Morgan fingerprint density at radius 3 is 1.15 bits per heavy atom. The third kappa shape index (κ3) is 9.82. The first kappa shape index (κ1) is 47.8. The van der Waals surface area contributed by atoms with Crippen molar-refractivity contribution in [1.29, 1.82) is 0 Å². The Balaban J connectivity index is 0.000000196. The number of piperidine rings is 2. The third-order valence-corrected chi connectivity index (χ3v) is 12.9. The fraction of sp³-hybridized carbons (Fsp3) is 0.400. The van der Waals surface area contributed by atoms with Gasteiger partial charge >= 0.3 is 0 Å². The van der Waals surface area contributed by atoms with Gasteiger partial charge < -0.3 is 19.3 Å². The van der Waals surface area contributed by atoms with E-state index in [9.17, 15) is 37.5 Å². The second kappa shape index (κ2) is 21.4. The van der Waals surface area contributed by atoms with Crippen LogP contribution in [0.3, 0.4) is 0 Å². The van der Waals surface area contributed by atoms with Crippen molar-refractivity contribution >= 4 is 46.8 Å². The van der Waals surface area contributed by atoms with E-state index in [0.717, 1.165) is 0 Å². The number of likely N-dealkylation sites (tertiary alicyclic amines) is 2. The van der Waals surface area contributed by atoms with E-state index in [1.165, 1.54) is 31.7 Å². The number of para-hydroxylation sites is 2. The number of halogens is 2. The topological polar surface area (TPSA) is 140 Å². The number of fused-ring (bicyclic) bond motifs is 2. The number of hydrogen-bond donors (Lipinski definition) is 0. The summed E-state index contributed by atoms with van der Waals surface area (Å²) in [5.74, 6) is -2.29. The summed E-state index contributed by atoms with van der Waals surface area (Å²) >= 11 is 0. The van der Waals surface area contributed by atoms with Crippen molar-refractivity contribution in [3.8, 4) is 0 Å². The lowest BCUT2D eigenvalue weighted by Gasteiger charge is -2.43. The molecule has 6 amide bonds. The van der Waals surface area contributed by atoms with E-state index in [2.05, 4.69) is 9.80 Å². The first-order valence-electron chi connectivity index (χ1n) is 22.5. The molecule has 0 aromatic heterocycles. The van der Waals surface area contributed by atoms with Gasteiger partial charge in [0.15, 0.2) is 0 Å². The molecule has 0 spiro atoms. The molecule has 0 unspecified atom stereocenters. The molecule has 8 rings (SSSR count). The van der Waals surface area contributed by atoms with Crippen LogP contribution < -0.4 is 9.80 Å². The van der Waals surface area contributed by atoms with Crippen molar-refractivity contribution < 1.29 is 47.0 Å². The first-order valence-corrected chi connectivity index (χ1v) is 22.5. The van der Waals surface area contributed by atoms with E-state index < -0.39 is 11.6 Å². The maximum atomic E-state index is 14.6. The minimum atomic E-state index is -0.442. The molecule has 0 bridgehead atoms. The number of benzene rings is 4. The molecule has 16 heteroatoms. The lowest BCUT2D eigenvalue weighted by molar-refractivity contribution is -0.120. The molecule has 4 aromatic rings. The molecule has 4 aromatic carbocycles. The third-order valence-electron chi connectivity index (χ3n) is 12.9. The average Bonchev–Trinajstić information content (AvgIpc) is 3.74. The number of ether oxygens (including phenoxy) is 2. The summed E-state index contributed by atoms with van der Waals surface area (Å²) in [6.07, 6.45) is 1.00. The number of carbonyl (C=O) groups is 6. The van der Waals surface area contributed by atoms with E-state index in [0.29, 0.717) is 74.4 Å². The molecule has 14 nitrogen and oxygen atoms in total. The summed E-state index contributed by atoms with van der Waals surface area (Å²) in [4.78, 5) is 85.9. The monoisotopic (exact) mass is 906 g/mol. The van der Waals surface area contributed by atoms with Gasteiger partial charge in [-0.15, -0.1) is 0 Å². The van der Waals surface area contributed by atoms with E-state index >= 15 is 0 Å². The van der Waals surface area contributed by atoms with Gasteiger partial charge in [-0.1, -0.05) is 62.4 Å². The van der Waals surface area contributed by atoms with Crippen LogP contribution in [0.25, 0.3) is 0 Å². The Morgan fingerprint density at radius 1 is 0.530 bits per heavy atom. The van der Waals surface area contributed by atoms with Crippen LogP contribution in [-0.4, -0.2) is 146 Å². The molecule has 0 radical (unpaired) electrons. The van der Waals surface area contributed by atoms with Crippen molar-refractivity contribution in [1.82, 2.24) is 19.6 Å². The van der Waals surface area contributed by atoms with Crippen LogP contribution in [-0.2, 0) is 19.1 Å². The van der Waals surface area contributed by atoms with Gasteiger partial charge in [-0.2, -0.15) is 0 Å². The van der Waals surface area contributed by atoms with Gasteiger partial charge in [0.2, 0.25) is 11.8 Å². The quantitative estimate of drug-likeness (QED) is 0.141. The zero-order valence-electron chi connectivity index (χ0n) is 37.7. The lowest BCUT2D eigenvalue weighted by atomic mass is 9.98. The predicted molar refractivity (Wildman–Crippen MR) is 243 cm³/mol. The summed E-state index contributed by atoms with van der Waals surface area (Å²) < 4.78 is 40.6. The number of anilines is 2. The van der Waals surface area contributed by atoms with Gasteiger partial charge in [0.25, 0.3) is 23.6 Å². The maximum absolute atomic E-state index is 14.6. The summed E-state index contributed by atoms with van der Waals surface area (Å²) in [7, 11) is 3.17. The molecule has 66 heavy (non-hydrogen) atoms. The number of methoxy groups -OCH3 is 2. The summed E-state index contributed by atoms with van der Waals surface area (Å²) in [5, 5.41) is 0. The minimum absolute atomic E-state index is 0.161. The van der Waals surface area contributed by atoms with Crippen LogP contribution in [0.15, 0.2) is 97.1 Å². The van der Waals surface area contributed by atoms with E-state index in [-0.39, 0.29) is 97.0 Å². The Labute approximate surface area is 383 Å². The SMILES string of the molecule is CCC(=O)N(c1ccccc1F)[C@@H]1CCN(CCN2C(=O)c3ccccc3C2=O)C[C@@H]1OC.CCC(=O)N(c1ccccc1F)[C@@H]1CCN(CCN2C(=O)c3ccccc3C2=O)C[C@@H]1OC. The Kier molecular flexibility index (Phi) is 15.5. The lowest BCUT2D eigenvalue weighted by Crippen LogP contribution is -2.57. The Hall–Kier alpha value is -6.20. The van der Waals surface area contributed by atoms with Crippen LogP contribution in [0.5, 0.6) is 0 Å². The van der Waals surface area contributed by atoms with E-state index in [1.54, 1.807) is 113 Å². The van der Waals surface area contributed by atoms with Gasteiger partial charge in [0.1, 0.15) is 11.6 Å². The molecule has 2 fully saturated rings. The number of hydrogen-bond acceptors (Lipinski definition) is 10. The zero-order valence-corrected chi connectivity index (χ0v) is 37.7. The number of rotatable bonds is 14. The highest BCUT2D eigenvalue weighted by molar-refractivity contribution is 6.22. The van der Waals surface area contributed by atoms with E-state index in [1.807, 2.05) is 0 Å². The number of amides is 6. The van der Waals surface area contributed by atoms with Gasteiger partial charge in [-0.3, -0.25) is 48.4 Å². The molecule has 0 aliphatic carbocycles. The van der Waals surface area contributed by atoms with Gasteiger partial charge in [-0.25, -0.2) is 8.78 Å². The highest BCUT2D eigenvalue weighted by Crippen LogP contribution is 2.31. The minimum Gasteiger partial charge on any atom is -0.378 e. The highest BCUT2D eigenvalue weighted by atomic mass is 19.1. The summed E-state index contributed by atoms with van der Waals surface area (Å²) in [6, 6.07) is 25.6. The Bertz CT molecular complexity index is 2220. The number of imide groups is 2. The van der Waals surface area contributed by atoms with Crippen LogP contribution in [0.2, 0.25) is 0 Å². The van der Waals surface area contributed by atoms with Crippen molar-refractivity contribution in [2.75, 3.05) is 76.4 Å². The van der Waals surface area contributed by atoms with Crippen LogP contribution in [0.4, 0.5) is 20.2 Å². The molecule has 4 atom stereocenters. The zero-order chi connectivity index (χ0) is 47.1. The molecular formula is C50H56F2N6O8. The number of nitrogens with zero attached hydrogens (tertiary/aromatic N) is 6. The average molecular weight is 907 g/mol. The highest BCUT2D eigenvalue weighted by Gasteiger charge is 2.41. The molecule has 348 valence electrons. The van der Waals surface area contributed by atoms with Gasteiger partial charge in [0.05, 0.1) is 57.9 Å². The standard InChI is InChI=1S/2C25H28FN3O4/c2*1-3-23(30)29(20-11-7-6-10-19(20)26)21-12-13-27(16-22(21)33-2)14-15-28-24(31)17-8-4-5-9-18(17)25(28)32/h2*4-11,21-22H,3,12-16H2,1-2H3/t2*21-,22+/m11/s1. The normalized spacial score (nSPS) is 20.8. The van der Waals surface area contributed by atoms with E-state index in [4.69, 9.17) is 9.47 Å². The fourth-order valence-corrected chi connectivity index (χ4v) is 9.39. The van der Waals surface area contributed by atoms with Gasteiger partial charge in [-0.05, 0) is 61.4 Å². The van der Waals surface area contributed by atoms with Crippen molar-refractivity contribution in [3.63, 3.8) is 0 Å². The first-order chi connectivity index (χ1) is 31.9. The second-order valence-corrected chi connectivity index (χ2v) is 16.6. The van der Waals surface area contributed by atoms with Crippen molar-refractivity contribution in [2.24, 2.45) is 0 Å². The fourth-order valence-electron chi connectivity index (χ4n) is 9.39. The maximum Gasteiger partial charge on any atom is 0.261 e. The number of carbonyl (C=O) groups excluding carboxylic acids is 6. The summed E-state index contributed by atoms with van der Waals surface area (Å²) in [6.45, 7) is 7.35. The largest absolute Gasteiger partial charge is 0.378 e. The molecule has 0 saturated carbocycles. The van der Waals surface area contributed by atoms with Gasteiger partial charge in [0, 0.05) is 79.4 Å². The molecule has 4 heterocycles.